The minimum absolute atomic E-state index is 0. The first-order valence-electron chi connectivity index (χ1n) is 10.1. The second-order valence-corrected chi connectivity index (χ2v) is 9.61. The van der Waals surface area contributed by atoms with Gasteiger partial charge in [-0.25, -0.2) is 4.98 Å². The van der Waals surface area contributed by atoms with Crippen molar-refractivity contribution in [1.29, 1.82) is 0 Å². The maximum Gasteiger partial charge on any atom is 0.213 e. The van der Waals surface area contributed by atoms with Crippen LogP contribution in [0.1, 0.15) is 48.2 Å². The van der Waals surface area contributed by atoms with Gasteiger partial charge in [0.1, 0.15) is 5.76 Å². The summed E-state index contributed by atoms with van der Waals surface area (Å²) in [4.78, 5) is 13.9. The lowest BCUT2D eigenvalue weighted by Crippen LogP contribution is -2.46. The lowest BCUT2D eigenvalue weighted by molar-refractivity contribution is 0.0177. The Kier molecular flexibility index (Phi) is 9.58. The zero-order valence-corrected chi connectivity index (χ0v) is 21.7. The maximum absolute atomic E-state index is 5.86. The minimum Gasteiger partial charge on any atom is -0.443 e. The number of rotatable bonds is 6. The third-order valence-corrected chi connectivity index (χ3v) is 6.06. The van der Waals surface area contributed by atoms with Gasteiger partial charge in [0.25, 0.3) is 0 Å². The third kappa shape index (κ3) is 6.93. The van der Waals surface area contributed by atoms with Gasteiger partial charge in [0.15, 0.2) is 5.96 Å². The van der Waals surface area contributed by atoms with Crippen LogP contribution in [0, 0.1) is 6.92 Å². The van der Waals surface area contributed by atoms with Crippen molar-refractivity contribution in [3.8, 4) is 0 Å². The predicted octanol–water partition coefficient (Wildman–Crippen LogP) is 3.70. The van der Waals surface area contributed by atoms with Gasteiger partial charge in [-0.05, 0) is 19.1 Å². The van der Waals surface area contributed by atoms with Gasteiger partial charge >= 0.3 is 0 Å². The van der Waals surface area contributed by atoms with E-state index >= 15 is 0 Å². The molecule has 0 amide bonds. The molecule has 2 aromatic heterocycles. The van der Waals surface area contributed by atoms with Crippen molar-refractivity contribution in [3.05, 3.63) is 39.7 Å². The molecule has 1 atom stereocenters. The summed E-state index contributed by atoms with van der Waals surface area (Å²) in [5, 5.41) is 6.78. The average molecular weight is 548 g/mol. The van der Waals surface area contributed by atoms with E-state index in [0.717, 1.165) is 44.6 Å². The number of nitrogens with one attached hydrogen (secondary N) is 2. The zero-order valence-electron chi connectivity index (χ0n) is 18.5. The molecular weight excluding hydrogens is 513 g/mol. The molecule has 0 radical (unpaired) electrons. The Bertz CT molecular complexity index is 808. The number of thiophene rings is 1. The van der Waals surface area contributed by atoms with Gasteiger partial charge in [0.05, 0.1) is 32.0 Å². The van der Waals surface area contributed by atoms with E-state index < -0.39 is 0 Å². The van der Waals surface area contributed by atoms with Crippen LogP contribution >= 0.6 is 35.3 Å². The van der Waals surface area contributed by atoms with Crippen LogP contribution < -0.4 is 10.6 Å². The Labute approximate surface area is 200 Å². The summed E-state index contributed by atoms with van der Waals surface area (Å²) in [6.07, 6.45) is 1.81. The summed E-state index contributed by atoms with van der Waals surface area (Å²) >= 11 is 1.86. The Morgan fingerprint density at radius 1 is 1.27 bits per heavy atom. The molecule has 1 saturated heterocycles. The van der Waals surface area contributed by atoms with Crippen LogP contribution in [0.2, 0.25) is 0 Å². The van der Waals surface area contributed by atoms with E-state index in [9.17, 15) is 0 Å². The molecule has 1 aliphatic heterocycles. The molecule has 0 saturated carbocycles. The minimum atomic E-state index is -0.0462. The number of hydrogen-bond acceptors (Lipinski definition) is 6. The number of halogens is 1. The number of aryl methyl sites for hydroxylation is 1. The number of morpholine rings is 1. The van der Waals surface area contributed by atoms with Gasteiger partial charge in [-0.15, -0.1) is 35.3 Å². The first-order chi connectivity index (χ1) is 13.9. The number of nitrogens with zero attached hydrogens (tertiary/aromatic N) is 3. The zero-order chi connectivity index (χ0) is 20.9. The van der Waals surface area contributed by atoms with Crippen molar-refractivity contribution >= 4 is 41.3 Å². The van der Waals surface area contributed by atoms with Crippen molar-refractivity contribution in [2.24, 2.45) is 4.99 Å². The summed E-state index contributed by atoms with van der Waals surface area (Å²) in [6.45, 7) is 13.2. The Morgan fingerprint density at radius 2 is 2.00 bits per heavy atom. The van der Waals surface area contributed by atoms with Gasteiger partial charge in [-0.2, -0.15) is 0 Å². The number of hydrogen-bond donors (Lipinski definition) is 2. The van der Waals surface area contributed by atoms with Crippen LogP contribution in [0.25, 0.3) is 0 Å². The largest absolute Gasteiger partial charge is 0.443 e. The van der Waals surface area contributed by atoms with E-state index in [1.807, 2.05) is 11.3 Å². The molecule has 2 aromatic rings. The molecule has 0 aromatic carbocycles. The fourth-order valence-electron chi connectivity index (χ4n) is 3.24. The molecule has 30 heavy (non-hydrogen) atoms. The standard InChI is InChI=1S/C21H33N5O2S.HI/c1-15-6-7-17(29-15)16(26-8-10-27-11-9-26)12-24-20(22-5)25-14-19-23-13-18(28-19)21(2,3)4;/h6-7,13,16H,8-12,14H2,1-5H3,(H2,22,24,25);1H. The summed E-state index contributed by atoms with van der Waals surface area (Å²) in [6, 6.07) is 4.72. The SMILES string of the molecule is CN=C(NCc1ncc(C(C)(C)C)o1)NCC(c1ccc(C)s1)N1CCOCC1.I. The third-order valence-electron chi connectivity index (χ3n) is 4.96. The van der Waals surface area contributed by atoms with Crippen LogP contribution in [-0.2, 0) is 16.7 Å². The van der Waals surface area contributed by atoms with Crippen molar-refractivity contribution in [3.63, 3.8) is 0 Å². The summed E-state index contributed by atoms with van der Waals surface area (Å²) in [5.74, 6) is 2.29. The highest BCUT2D eigenvalue weighted by Gasteiger charge is 2.24. The topological polar surface area (TPSA) is 74.9 Å². The molecule has 0 spiro atoms. The maximum atomic E-state index is 5.86. The number of guanidine groups is 1. The molecule has 1 fully saturated rings. The first kappa shape index (κ1) is 25.1. The predicted molar refractivity (Wildman–Crippen MR) is 133 cm³/mol. The molecule has 1 aliphatic rings. The van der Waals surface area contributed by atoms with E-state index in [4.69, 9.17) is 9.15 Å². The second-order valence-electron chi connectivity index (χ2n) is 8.29. The highest BCUT2D eigenvalue weighted by atomic mass is 127. The van der Waals surface area contributed by atoms with Crippen molar-refractivity contribution in [2.75, 3.05) is 39.9 Å². The van der Waals surface area contributed by atoms with Gasteiger partial charge < -0.3 is 19.8 Å². The Hall–Kier alpha value is -1.17. The molecular formula is C21H34IN5O2S. The number of ether oxygens (including phenoxy) is 1. The summed E-state index contributed by atoms with van der Waals surface area (Å²) in [7, 11) is 1.78. The number of aromatic nitrogens is 1. The Balaban J connectivity index is 0.00000320. The quantitative estimate of drug-likeness (QED) is 0.327. The molecule has 1 unspecified atom stereocenters. The Morgan fingerprint density at radius 3 is 2.57 bits per heavy atom. The van der Waals surface area contributed by atoms with Crippen LogP contribution in [0.15, 0.2) is 27.7 Å². The van der Waals surface area contributed by atoms with Crippen molar-refractivity contribution in [1.82, 2.24) is 20.5 Å². The van der Waals surface area contributed by atoms with Crippen molar-refractivity contribution < 1.29 is 9.15 Å². The van der Waals surface area contributed by atoms with E-state index in [-0.39, 0.29) is 29.4 Å². The van der Waals surface area contributed by atoms with Crippen LogP contribution in [0.3, 0.4) is 0 Å². The van der Waals surface area contributed by atoms with Crippen LogP contribution in [0.4, 0.5) is 0 Å². The fourth-order valence-corrected chi connectivity index (χ4v) is 4.26. The highest BCUT2D eigenvalue weighted by molar-refractivity contribution is 14.0. The lowest BCUT2D eigenvalue weighted by atomic mass is 9.94. The summed E-state index contributed by atoms with van der Waals surface area (Å²) < 4.78 is 11.4. The van der Waals surface area contributed by atoms with Gasteiger partial charge in [-0.3, -0.25) is 9.89 Å². The van der Waals surface area contributed by atoms with Crippen molar-refractivity contribution in [2.45, 2.75) is 45.7 Å². The molecule has 9 heteroatoms. The molecule has 168 valence electrons. The molecule has 0 bridgehead atoms. The lowest BCUT2D eigenvalue weighted by Gasteiger charge is -2.34. The smallest absolute Gasteiger partial charge is 0.213 e. The van der Waals surface area contributed by atoms with Gasteiger partial charge in [0, 0.05) is 41.9 Å². The highest BCUT2D eigenvalue weighted by Crippen LogP contribution is 2.28. The van der Waals surface area contributed by atoms with Crippen LogP contribution in [0.5, 0.6) is 0 Å². The fraction of sp³-hybridized carbons (Fsp3) is 0.619. The summed E-state index contributed by atoms with van der Waals surface area (Å²) in [5.41, 5.74) is -0.0462. The van der Waals surface area contributed by atoms with Crippen LogP contribution in [-0.4, -0.2) is 55.7 Å². The van der Waals surface area contributed by atoms with E-state index in [2.05, 4.69) is 65.3 Å². The number of aliphatic imine (C=N–C) groups is 1. The number of oxazole rings is 1. The molecule has 3 heterocycles. The van der Waals surface area contributed by atoms with Gasteiger partial charge in [0.2, 0.25) is 5.89 Å². The molecule has 0 aliphatic carbocycles. The van der Waals surface area contributed by atoms with E-state index in [1.165, 1.54) is 9.75 Å². The molecule has 2 N–H and O–H groups in total. The van der Waals surface area contributed by atoms with Gasteiger partial charge in [-0.1, -0.05) is 20.8 Å². The monoisotopic (exact) mass is 547 g/mol. The normalized spacial score (nSPS) is 16.8. The second kappa shape index (κ2) is 11.4. The van der Waals surface area contributed by atoms with E-state index in [0.29, 0.717) is 18.5 Å². The average Bonchev–Trinajstić information content (AvgIpc) is 3.34. The first-order valence-corrected chi connectivity index (χ1v) is 11.0. The van der Waals surface area contributed by atoms with E-state index in [1.54, 1.807) is 13.2 Å². The molecule has 3 rings (SSSR count). The molecule has 7 nitrogen and oxygen atoms in total.